The maximum absolute atomic E-state index is 12.1. The number of hydrazone groups is 1. The van der Waals surface area contributed by atoms with Crippen molar-refractivity contribution in [2.24, 2.45) is 16.6 Å². The summed E-state index contributed by atoms with van der Waals surface area (Å²) in [6, 6.07) is 7.21. The first kappa shape index (κ1) is 22.0. The largest absolute Gasteiger partial charge is 0.480 e. The minimum absolute atomic E-state index is 0.000141. The third-order valence-corrected chi connectivity index (χ3v) is 4.92. The summed E-state index contributed by atoms with van der Waals surface area (Å²) in [5, 5.41) is 17.2. The quantitative estimate of drug-likeness (QED) is 0.261. The summed E-state index contributed by atoms with van der Waals surface area (Å²) in [5.41, 5.74) is 16.0. The average molecular weight is 425 g/mol. The first-order valence-corrected chi connectivity index (χ1v) is 9.95. The Hall–Kier alpha value is -3.73. The van der Waals surface area contributed by atoms with E-state index >= 15 is 0 Å². The second-order valence-electron chi connectivity index (χ2n) is 7.11. The van der Waals surface area contributed by atoms with Crippen LogP contribution in [-0.2, 0) is 0 Å². The smallest absolute Gasteiger partial charge is 0.258 e. The Kier molecular flexibility index (Phi) is 7.33. The van der Waals surface area contributed by atoms with E-state index in [1.165, 1.54) is 13.3 Å². The molecular formula is C20H27N9O2. The highest BCUT2D eigenvalue weighted by Gasteiger charge is 2.25. The van der Waals surface area contributed by atoms with Crippen LogP contribution in [0.4, 0.5) is 23.1 Å². The standard InChI is InChI=1S/C20H27N9O2/c1-31-19-16(17(23)30)18(25-12-5-4-6-13(11-12)29-24-10-9-21)27-20(28-19)26-15-8-3-2-7-14(15)22/h4-6,9-11,14-15,21,29H,2-3,7-8,22H2,1H3,(H2,23,30)(H2,25,26,27,28)/b21-9?,24-10-/t14-,15+/m0/s1. The topological polar surface area (TPSA) is 176 Å². The molecule has 2 aromatic rings. The first-order chi connectivity index (χ1) is 15.0. The maximum Gasteiger partial charge on any atom is 0.258 e. The van der Waals surface area contributed by atoms with Gasteiger partial charge in [0.25, 0.3) is 5.91 Å². The van der Waals surface area contributed by atoms with Gasteiger partial charge in [-0.1, -0.05) is 18.9 Å². The molecule has 0 aliphatic heterocycles. The van der Waals surface area contributed by atoms with Gasteiger partial charge < -0.3 is 32.2 Å². The number of rotatable bonds is 9. The van der Waals surface area contributed by atoms with Crippen molar-refractivity contribution in [3.63, 3.8) is 0 Å². The summed E-state index contributed by atoms with van der Waals surface area (Å²) in [6.45, 7) is 0. The van der Waals surface area contributed by atoms with Crippen LogP contribution in [0.1, 0.15) is 36.0 Å². The Bertz CT molecular complexity index is 964. The Labute approximate surface area is 180 Å². The molecule has 0 radical (unpaired) electrons. The van der Waals surface area contributed by atoms with Crippen molar-refractivity contribution in [1.82, 2.24) is 9.97 Å². The second-order valence-corrected chi connectivity index (χ2v) is 7.11. The average Bonchev–Trinajstić information content (AvgIpc) is 2.75. The summed E-state index contributed by atoms with van der Waals surface area (Å²) in [6.07, 6.45) is 6.40. The minimum atomic E-state index is -0.717. The summed E-state index contributed by atoms with van der Waals surface area (Å²) < 4.78 is 5.31. The summed E-state index contributed by atoms with van der Waals surface area (Å²) >= 11 is 0. The number of carbonyl (C=O) groups excluding carboxylic acids is 1. The van der Waals surface area contributed by atoms with E-state index in [1.54, 1.807) is 24.3 Å². The SMILES string of the molecule is COc1nc(N[C@@H]2CCCC[C@@H]2N)nc(Nc2cccc(N/N=C\C=N)c2)c1C(N)=O. The van der Waals surface area contributed by atoms with Crippen LogP contribution in [-0.4, -0.2) is 47.5 Å². The predicted octanol–water partition coefficient (Wildman–Crippen LogP) is 2.06. The lowest BCUT2D eigenvalue weighted by Gasteiger charge is -2.29. The molecule has 1 aliphatic rings. The van der Waals surface area contributed by atoms with Crippen LogP contribution in [0.25, 0.3) is 0 Å². The maximum atomic E-state index is 12.1. The number of aromatic nitrogens is 2. The van der Waals surface area contributed by atoms with Gasteiger partial charge in [-0.15, -0.1) is 0 Å². The van der Waals surface area contributed by atoms with Gasteiger partial charge in [-0.25, -0.2) is 0 Å². The van der Waals surface area contributed by atoms with Gasteiger partial charge in [-0.2, -0.15) is 15.1 Å². The van der Waals surface area contributed by atoms with Gasteiger partial charge in [0.15, 0.2) is 5.82 Å². The van der Waals surface area contributed by atoms with E-state index in [0.29, 0.717) is 17.3 Å². The van der Waals surface area contributed by atoms with Crippen molar-refractivity contribution in [3.8, 4) is 5.88 Å². The lowest BCUT2D eigenvalue weighted by molar-refractivity contribution is 0.0997. The highest BCUT2D eigenvalue weighted by molar-refractivity contribution is 6.14. The van der Waals surface area contributed by atoms with Crippen molar-refractivity contribution in [2.75, 3.05) is 23.2 Å². The molecule has 1 fully saturated rings. The zero-order chi connectivity index (χ0) is 22.2. The molecule has 1 saturated carbocycles. The molecule has 1 aromatic heterocycles. The number of methoxy groups -OCH3 is 1. The van der Waals surface area contributed by atoms with E-state index in [1.807, 2.05) is 0 Å². The fourth-order valence-corrected chi connectivity index (χ4v) is 3.42. The molecule has 0 saturated heterocycles. The van der Waals surface area contributed by atoms with E-state index in [-0.39, 0.29) is 29.3 Å². The number of nitrogens with zero attached hydrogens (tertiary/aromatic N) is 3. The highest BCUT2D eigenvalue weighted by Crippen LogP contribution is 2.29. The van der Waals surface area contributed by atoms with Gasteiger partial charge >= 0.3 is 0 Å². The number of anilines is 4. The van der Waals surface area contributed by atoms with Crippen LogP contribution in [0.5, 0.6) is 5.88 Å². The van der Waals surface area contributed by atoms with Crippen LogP contribution in [0.15, 0.2) is 29.4 Å². The number of nitrogens with two attached hydrogens (primary N) is 2. The molecule has 0 spiro atoms. The van der Waals surface area contributed by atoms with Gasteiger partial charge in [0.2, 0.25) is 11.8 Å². The van der Waals surface area contributed by atoms with Crippen molar-refractivity contribution < 1.29 is 9.53 Å². The Balaban J connectivity index is 1.92. The van der Waals surface area contributed by atoms with Gasteiger partial charge in [0.1, 0.15) is 5.56 Å². The van der Waals surface area contributed by atoms with Crippen LogP contribution >= 0.6 is 0 Å². The molecular weight excluding hydrogens is 398 g/mol. The van der Waals surface area contributed by atoms with E-state index in [4.69, 9.17) is 21.6 Å². The monoisotopic (exact) mass is 425 g/mol. The molecule has 164 valence electrons. The minimum Gasteiger partial charge on any atom is -0.480 e. The number of nitrogens with one attached hydrogen (secondary N) is 4. The molecule has 0 unspecified atom stereocenters. The van der Waals surface area contributed by atoms with E-state index in [9.17, 15) is 4.79 Å². The van der Waals surface area contributed by atoms with Gasteiger partial charge in [-0.05, 0) is 31.0 Å². The van der Waals surface area contributed by atoms with Crippen LogP contribution < -0.4 is 32.3 Å². The Morgan fingerprint density at radius 2 is 2.06 bits per heavy atom. The van der Waals surface area contributed by atoms with Gasteiger partial charge in [0, 0.05) is 24.0 Å². The van der Waals surface area contributed by atoms with E-state index in [0.717, 1.165) is 31.9 Å². The van der Waals surface area contributed by atoms with Crippen LogP contribution in [0, 0.1) is 5.41 Å². The molecule has 1 amide bonds. The number of hydrogen-bond donors (Lipinski definition) is 6. The van der Waals surface area contributed by atoms with E-state index < -0.39 is 5.91 Å². The lowest BCUT2D eigenvalue weighted by atomic mass is 9.91. The molecule has 1 aromatic carbocycles. The van der Waals surface area contributed by atoms with Crippen molar-refractivity contribution in [2.45, 2.75) is 37.8 Å². The normalized spacial score (nSPS) is 18.4. The molecule has 11 heteroatoms. The molecule has 8 N–H and O–H groups in total. The zero-order valence-corrected chi connectivity index (χ0v) is 17.3. The number of ether oxygens (including phenoxy) is 1. The number of benzene rings is 1. The molecule has 11 nitrogen and oxygen atoms in total. The van der Waals surface area contributed by atoms with Crippen molar-refractivity contribution >= 4 is 41.5 Å². The van der Waals surface area contributed by atoms with Gasteiger partial charge in [0.05, 0.1) is 19.0 Å². The molecule has 31 heavy (non-hydrogen) atoms. The molecule has 2 atom stereocenters. The Morgan fingerprint density at radius 3 is 2.77 bits per heavy atom. The number of hydrogen-bond acceptors (Lipinski definition) is 10. The third kappa shape index (κ3) is 5.66. The predicted molar refractivity (Wildman–Crippen MR) is 122 cm³/mol. The summed E-state index contributed by atoms with van der Waals surface area (Å²) in [7, 11) is 1.42. The number of amides is 1. The molecule has 1 heterocycles. The lowest BCUT2D eigenvalue weighted by Crippen LogP contribution is -2.43. The van der Waals surface area contributed by atoms with Gasteiger partial charge in [-0.3, -0.25) is 10.2 Å². The molecule has 3 rings (SSSR count). The molecule has 0 bridgehead atoms. The van der Waals surface area contributed by atoms with Crippen LogP contribution in [0.3, 0.4) is 0 Å². The van der Waals surface area contributed by atoms with Crippen LogP contribution in [0.2, 0.25) is 0 Å². The number of carbonyl (C=O) groups is 1. The zero-order valence-electron chi connectivity index (χ0n) is 17.3. The third-order valence-electron chi connectivity index (χ3n) is 4.92. The van der Waals surface area contributed by atoms with Crippen molar-refractivity contribution in [1.29, 1.82) is 5.41 Å². The first-order valence-electron chi connectivity index (χ1n) is 9.95. The summed E-state index contributed by atoms with van der Waals surface area (Å²) in [5.74, 6) is -0.130. The second kappa shape index (κ2) is 10.3. The summed E-state index contributed by atoms with van der Waals surface area (Å²) in [4.78, 5) is 20.9. The fourth-order valence-electron chi connectivity index (χ4n) is 3.42. The highest BCUT2D eigenvalue weighted by atomic mass is 16.5. The Morgan fingerprint density at radius 1 is 1.29 bits per heavy atom. The van der Waals surface area contributed by atoms with Crippen molar-refractivity contribution in [3.05, 3.63) is 29.8 Å². The van der Waals surface area contributed by atoms with E-state index in [2.05, 4.69) is 31.1 Å². The molecule has 1 aliphatic carbocycles. The fraction of sp³-hybridized carbons (Fsp3) is 0.350. The number of primary amides is 1.